The molecular formula is C30H35Cl2N3O4S. The smallest absolute Gasteiger partial charge is 0.264 e. The molecule has 0 bridgehead atoms. The first-order valence-electron chi connectivity index (χ1n) is 13.2. The van der Waals surface area contributed by atoms with Gasteiger partial charge in [-0.1, -0.05) is 85.6 Å². The Kier molecular flexibility index (Phi) is 11.4. The molecule has 7 nitrogen and oxygen atoms in total. The van der Waals surface area contributed by atoms with E-state index in [0.29, 0.717) is 17.9 Å². The van der Waals surface area contributed by atoms with E-state index < -0.39 is 28.5 Å². The van der Waals surface area contributed by atoms with Crippen LogP contribution in [0, 0.1) is 0 Å². The van der Waals surface area contributed by atoms with Crippen LogP contribution in [-0.2, 0) is 26.0 Å². The van der Waals surface area contributed by atoms with Crippen molar-refractivity contribution in [2.24, 2.45) is 0 Å². The maximum atomic E-state index is 14.0. The number of hydrogen-bond acceptors (Lipinski definition) is 4. The summed E-state index contributed by atoms with van der Waals surface area (Å²) >= 11 is 12.5. The second-order valence-electron chi connectivity index (χ2n) is 9.49. The summed E-state index contributed by atoms with van der Waals surface area (Å²) in [6.45, 7) is 5.37. The lowest BCUT2D eigenvalue weighted by molar-refractivity contribution is -0.139. The molecule has 0 saturated carbocycles. The fourth-order valence-electron chi connectivity index (χ4n) is 4.25. The van der Waals surface area contributed by atoms with Crippen molar-refractivity contribution in [3.05, 3.63) is 94.5 Å². The van der Waals surface area contributed by atoms with Crippen LogP contribution >= 0.6 is 23.2 Å². The standard InChI is InChI=1S/C30H35Cl2N3O4S/c1-4-22(3)33-30(37)27(5-2)34(19-18-23-12-8-6-9-13-23)29(36)21-35(28-17-16-24(31)20-26(28)32)40(38,39)25-14-10-7-11-15-25/h6-17,20,22,27H,4-5,18-19,21H2,1-3H3,(H,33,37)/t22-,27-/m0/s1. The predicted molar refractivity (Wildman–Crippen MR) is 161 cm³/mol. The summed E-state index contributed by atoms with van der Waals surface area (Å²) < 4.78 is 28.7. The molecule has 10 heteroatoms. The molecule has 0 fully saturated rings. The number of benzene rings is 3. The molecule has 0 aromatic heterocycles. The van der Waals surface area contributed by atoms with Crippen molar-refractivity contribution in [3.63, 3.8) is 0 Å². The molecule has 1 N–H and O–H groups in total. The summed E-state index contributed by atoms with van der Waals surface area (Å²) in [6.07, 6.45) is 1.58. The lowest BCUT2D eigenvalue weighted by Gasteiger charge is -2.34. The molecule has 0 radical (unpaired) electrons. The van der Waals surface area contributed by atoms with Gasteiger partial charge in [0.2, 0.25) is 11.8 Å². The Morgan fingerprint density at radius 1 is 0.900 bits per heavy atom. The number of carbonyl (C=O) groups excluding carboxylic acids is 2. The quantitative estimate of drug-likeness (QED) is 0.261. The molecule has 0 aliphatic heterocycles. The Morgan fingerprint density at radius 3 is 2.10 bits per heavy atom. The van der Waals surface area contributed by atoms with E-state index in [4.69, 9.17) is 23.2 Å². The minimum absolute atomic E-state index is 0.00575. The number of anilines is 1. The SMILES string of the molecule is CC[C@H](C)NC(=O)[C@H](CC)N(CCc1ccccc1)C(=O)CN(c1ccc(Cl)cc1Cl)S(=O)(=O)c1ccccc1. The zero-order valence-corrected chi connectivity index (χ0v) is 25.2. The van der Waals surface area contributed by atoms with Crippen LogP contribution in [-0.4, -0.2) is 50.3 Å². The average molecular weight is 605 g/mol. The van der Waals surface area contributed by atoms with E-state index in [0.717, 1.165) is 16.3 Å². The highest BCUT2D eigenvalue weighted by Crippen LogP contribution is 2.33. The lowest BCUT2D eigenvalue weighted by Crippen LogP contribution is -2.54. The van der Waals surface area contributed by atoms with Crippen molar-refractivity contribution in [2.45, 2.75) is 57.0 Å². The van der Waals surface area contributed by atoms with Crippen LogP contribution in [0.25, 0.3) is 0 Å². The van der Waals surface area contributed by atoms with E-state index >= 15 is 0 Å². The van der Waals surface area contributed by atoms with E-state index in [1.165, 1.54) is 35.2 Å². The molecule has 3 aromatic rings. The van der Waals surface area contributed by atoms with Crippen LogP contribution in [0.3, 0.4) is 0 Å². The van der Waals surface area contributed by atoms with Gasteiger partial charge < -0.3 is 10.2 Å². The van der Waals surface area contributed by atoms with Gasteiger partial charge in [-0.3, -0.25) is 13.9 Å². The minimum Gasteiger partial charge on any atom is -0.352 e. The van der Waals surface area contributed by atoms with Gasteiger partial charge in [0, 0.05) is 17.6 Å². The Bertz CT molecular complexity index is 1390. The van der Waals surface area contributed by atoms with Crippen molar-refractivity contribution >= 4 is 50.7 Å². The molecule has 0 saturated heterocycles. The van der Waals surface area contributed by atoms with Crippen LogP contribution in [0.2, 0.25) is 10.0 Å². The lowest BCUT2D eigenvalue weighted by atomic mass is 10.1. The van der Waals surface area contributed by atoms with Crippen molar-refractivity contribution < 1.29 is 18.0 Å². The third kappa shape index (κ3) is 7.99. The Morgan fingerprint density at radius 2 is 1.52 bits per heavy atom. The van der Waals surface area contributed by atoms with Crippen LogP contribution in [0.15, 0.2) is 83.8 Å². The van der Waals surface area contributed by atoms with E-state index in [1.807, 2.05) is 51.1 Å². The van der Waals surface area contributed by atoms with Gasteiger partial charge in [-0.2, -0.15) is 0 Å². The summed E-state index contributed by atoms with van der Waals surface area (Å²) in [4.78, 5) is 28.8. The predicted octanol–water partition coefficient (Wildman–Crippen LogP) is 5.95. The third-order valence-corrected chi connectivity index (χ3v) is 8.97. The van der Waals surface area contributed by atoms with Crippen molar-refractivity contribution in [1.29, 1.82) is 0 Å². The summed E-state index contributed by atoms with van der Waals surface area (Å²) in [7, 11) is -4.20. The fraction of sp³-hybridized carbons (Fsp3) is 0.333. The van der Waals surface area contributed by atoms with Gasteiger partial charge in [0.05, 0.1) is 15.6 Å². The van der Waals surface area contributed by atoms with E-state index in [2.05, 4.69) is 5.32 Å². The first-order chi connectivity index (χ1) is 19.1. The average Bonchev–Trinajstić information content (AvgIpc) is 2.95. The molecule has 0 spiro atoms. The number of rotatable bonds is 13. The van der Waals surface area contributed by atoms with Crippen LogP contribution in [0.4, 0.5) is 5.69 Å². The van der Waals surface area contributed by atoms with Gasteiger partial charge in [0.1, 0.15) is 12.6 Å². The summed E-state index contributed by atoms with van der Waals surface area (Å²) in [5.74, 6) is -0.798. The number of carbonyl (C=O) groups is 2. The van der Waals surface area contributed by atoms with Gasteiger partial charge in [-0.05, 0) is 62.1 Å². The number of nitrogens with zero attached hydrogens (tertiary/aromatic N) is 2. The van der Waals surface area contributed by atoms with Gasteiger partial charge in [0.25, 0.3) is 10.0 Å². The highest BCUT2D eigenvalue weighted by atomic mass is 35.5. The minimum atomic E-state index is -4.20. The van der Waals surface area contributed by atoms with E-state index in [1.54, 1.807) is 18.2 Å². The highest BCUT2D eigenvalue weighted by molar-refractivity contribution is 7.92. The van der Waals surface area contributed by atoms with Crippen molar-refractivity contribution in [2.75, 3.05) is 17.4 Å². The molecular weight excluding hydrogens is 569 g/mol. The third-order valence-electron chi connectivity index (χ3n) is 6.66. The van der Waals surface area contributed by atoms with Crippen LogP contribution < -0.4 is 9.62 Å². The molecule has 2 amide bonds. The molecule has 3 rings (SSSR count). The molecule has 2 atom stereocenters. The molecule has 0 aliphatic rings. The molecule has 40 heavy (non-hydrogen) atoms. The molecule has 0 heterocycles. The summed E-state index contributed by atoms with van der Waals surface area (Å²) in [5, 5.41) is 3.38. The Labute approximate surface area is 247 Å². The zero-order chi connectivity index (χ0) is 29.3. The summed E-state index contributed by atoms with van der Waals surface area (Å²) in [6, 6.07) is 21.0. The monoisotopic (exact) mass is 603 g/mol. The maximum absolute atomic E-state index is 14.0. The number of sulfonamides is 1. The van der Waals surface area contributed by atoms with Gasteiger partial charge >= 0.3 is 0 Å². The largest absolute Gasteiger partial charge is 0.352 e. The number of hydrogen-bond donors (Lipinski definition) is 1. The second-order valence-corrected chi connectivity index (χ2v) is 12.2. The van der Waals surface area contributed by atoms with Gasteiger partial charge in [-0.15, -0.1) is 0 Å². The van der Waals surface area contributed by atoms with Gasteiger partial charge in [0.15, 0.2) is 0 Å². The first-order valence-corrected chi connectivity index (χ1v) is 15.4. The van der Waals surface area contributed by atoms with E-state index in [9.17, 15) is 18.0 Å². The van der Waals surface area contributed by atoms with Crippen LogP contribution in [0.1, 0.15) is 39.2 Å². The first kappa shape index (κ1) is 31.5. The number of nitrogens with one attached hydrogen (secondary N) is 1. The van der Waals surface area contributed by atoms with Crippen molar-refractivity contribution in [3.8, 4) is 0 Å². The van der Waals surface area contributed by atoms with Gasteiger partial charge in [-0.25, -0.2) is 8.42 Å². The Balaban J connectivity index is 2.03. The molecule has 0 aliphatic carbocycles. The maximum Gasteiger partial charge on any atom is 0.264 e. The number of amides is 2. The van der Waals surface area contributed by atoms with Crippen LogP contribution in [0.5, 0.6) is 0 Å². The topological polar surface area (TPSA) is 86.8 Å². The molecule has 214 valence electrons. The Hall–Kier alpha value is -3.07. The summed E-state index contributed by atoms with van der Waals surface area (Å²) in [5.41, 5.74) is 1.11. The fourth-order valence-corrected chi connectivity index (χ4v) is 6.27. The molecule has 3 aromatic carbocycles. The highest BCUT2D eigenvalue weighted by Gasteiger charge is 2.34. The number of halogens is 2. The van der Waals surface area contributed by atoms with E-state index in [-0.39, 0.29) is 34.1 Å². The molecule has 0 unspecified atom stereocenters. The second kappa shape index (κ2) is 14.5. The zero-order valence-electron chi connectivity index (χ0n) is 22.9. The normalized spacial score (nSPS) is 12.8. The van der Waals surface area contributed by atoms with Crippen molar-refractivity contribution in [1.82, 2.24) is 10.2 Å².